The van der Waals surface area contributed by atoms with Gasteiger partial charge in [-0.3, -0.25) is 9.48 Å². The zero-order chi connectivity index (χ0) is 19.8. The van der Waals surface area contributed by atoms with Gasteiger partial charge in [-0.05, 0) is 36.1 Å². The standard InChI is InChI=1S/C22H17N5OS/c1-2-26-14-17(12-24-26)15-5-3-6-16(11-15)19-8-9-23-22-18(13-25-27(19)22)21(28)20-7-4-10-29-20/h3-14H,2H2,1H3. The van der Waals surface area contributed by atoms with Gasteiger partial charge >= 0.3 is 0 Å². The molecule has 4 aromatic heterocycles. The van der Waals surface area contributed by atoms with Gasteiger partial charge in [-0.25, -0.2) is 9.50 Å². The predicted octanol–water partition coefficient (Wildman–Crippen LogP) is 4.57. The van der Waals surface area contributed by atoms with Crippen LogP contribution in [0.3, 0.4) is 0 Å². The topological polar surface area (TPSA) is 65.1 Å². The average molecular weight is 399 g/mol. The first-order chi connectivity index (χ1) is 14.2. The highest BCUT2D eigenvalue weighted by Crippen LogP contribution is 2.27. The van der Waals surface area contributed by atoms with E-state index in [1.165, 1.54) is 11.3 Å². The van der Waals surface area contributed by atoms with E-state index in [4.69, 9.17) is 0 Å². The SMILES string of the molecule is CCn1cc(-c2cccc(-c3ccnc4c(C(=O)c5cccs5)cnn34)c2)cn1. The molecule has 5 rings (SSSR count). The third kappa shape index (κ3) is 3.05. The fourth-order valence-electron chi connectivity index (χ4n) is 3.35. The highest BCUT2D eigenvalue weighted by atomic mass is 32.1. The summed E-state index contributed by atoms with van der Waals surface area (Å²) in [4.78, 5) is 17.9. The zero-order valence-corrected chi connectivity index (χ0v) is 16.5. The Labute approximate surface area is 171 Å². The molecular formula is C22H17N5OS. The van der Waals surface area contributed by atoms with Gasteiger partial charge in [0.2, 0.25) is 5.78 Å². The zero-order valence-electron chi connectivity index (χ0n) is 15.7. The van der Waals surface area contributed by atoms with E-state index in [1.54, 1.807) is 16.9 Å². The van der Waals surface area contributed by atoms with Crippen molar-refractivity contribution in [3.8, 4) is 22.4 Å². The lowest BCUT2D eigenvalue weighted by atomic mass is 10.0. The molecule has 0 amide bonds. The molecular weight excluding hydrogens is 382 g/mol. The minimum atomic E-state index is -0.0552. The Balaban J connectivity index is 1.59. The molecule has 0 bridgehead atoms. The van der Waals surface area contributed by atoms with E-state index in [9.17, 15) is 4.79 Å². The minimum absolute atomic E-state index is 0.0552. The molecule has 7 heteroatoms. The second-order valence-electron chi connectivity index (χ2n) is 6.60. The Morgan fingerprint density at radius 1 is 1.03 bits per heavy atom. The molecule has 6 nitrogen and oxygen atoms in total. The maximum atomic E-state index is 12.8. The third-order valence-corrected chi connectivity index (χ3v) is 5.71. The van der Waals surface area contributed by atoms with Gasteiger partial charge in [-0.15, -0.1) is 11.3 Å². The molecule has 0 atom stereocenters. The van der Waals surface area contributed by atoms with Gasteiger partial charge in [-0.1, -0.05) is 24.3 Å². The molecule has 1 aromatic carbocycles. The van der Waals surface area contributed by atoms with E-state index >= 15 is 0 Å². The summed E-state index contributed by atoms with van der Waals surface area (Å²) >= 11 is 1.42. The molecule has 29 heavy (non-hydrogen) atoms. The van der Waals surface area contributed by atoms with Gasteiger partial charge < -0.3 is 0 Å². The lowest BCUT2D eigenvalue weighted by Gasteiger charge is -2.07. The van der Waals surface area contributed by atoms with E-state index in [2.05, 4.69) is 34.2 Å². The second kappa shape index (κ2) is 7.10. The highest BCUT2D eigenvalue weighted by Gasteiger charge is 2.18. The van der Waals surface area contributed by atoms with Crippen LogP contribution in [0.5, 0.6) is 0 Å². The number of rotatable bonds is 5. The highest BCUT2D eigenvalue weighted by molar-refractivity contribution is 7.12. The Bertz CT molecular complexity index is 1320. The fourth-order valence-corrected chi connectivity index (χ4v) is 4.03. The van der Waals surface area contributed by atoms with Crippen molar-refractivity contribution in [2.24, 2.45) is 0 Å². The van der Waals surface area contributed by atoms with Crippen LogP contribution >= 0.6 is 11.3 Å². The van der Waals surface area contributed by atoms with Crippen LogP contribution in [0, 0.1) is 0 Å². The van der Waals surface area contributed by atoms with Crippen LogP contribution in [-0.4, -0.2) is 30.2 Å². The number of hydrogen-bond acceptors (Lipinski definition) is 5. The Morgan fingerprint density at radius 3 is 2.72 bits per heavy atom. The van der Waals surface area contributed by atoms with Crippen LogP contribution in [0.1, 0.15) is 22.2 Å². The molecule has 5 aromatic rings. The van der Waals surface area contributed by atoms with Crippen LogP contribution in [0.2, 0.25) is 0 Å². The first kappa shape index (κ1) is 17.5. The van der Waals surface area contributed by atoms with Crippen LogP contribution in [-0.2, 0) is 6.54 Å². The van der Waals surface area contributed by atoms with Crippen molar-refractivity contribution in [2.75, 3.05) is 0 Å². The molecule has 0 saturated carbocycles. The van der Waals surface area contributed by atoms with Crippen LogP contribution < -0.4 is 0 Å². The lowest BCUT2D eigenvalue weighted by molar-refractivity contribution is 0.104. The van der Waals surface area contributed by atoms with Crippen molar-refractivity contribution < 1.29 is 4.79 Å². The summed E-state index contributed by atoms with van der Waals surface area (Å²) in [6, 6.07) is 13.8. The quantitative estimate of drug-likeness (QED) is 0.406. The molecule has 0 saturated heterocycles. The molecule has 0 aliphatic heterocycles. The smallest absolute Gasteiger partial charge is 0.208 e. The van der Waals surface area contributed by atoms with Crippen molar-refractivity contribution in [1.29, 1.82) is 0 Å². The summed E-state index contributed by atoms with van der Waals surface area (Å²) in [5, 5.41) is 10.7. The van der Waals surface area contributed by atoms with Crippen molar-refractivity contribution in [1.82, 2.24) is 24.4 Å². The Morgan fingerprint density at radius 2 is 1.93 bits per heavy atom. The molecule has 142 valence electrons. The molecule has 0 fully saturated rings. The Hall–Kier alpha value is -3.58. The summed E-state index contributed by atoms with van der Waals surface area (Å²) in [6.45, 7) is 2.90. The molecule has 0 spiro atoms. The monoisotopic (exact) mass is 399 g/mol. The number of nitrogens with zero attached hydrogens (tertiary/aromatic N) is 5. The van der Waals surface area contributed by atoms with Crippen LogP contribution in [0.4, 0.5) is 0 Å². The number of carbonyl (C=O) groups is 1. The number of carbonyl (C=O) groups excluding carboxylic acids is 1. The summed E-state index contributed by atoms with van der Waals surface area (Å²) in [5.74, 6) is -0.0552. The van der Waals surface area contributed by atoms with Gasteiger partial charge in [0.25, 0.3) is 0 Å². The van der Waals surface area contributed by atoms with E-state index < -0.39 is 0 Å². The van der Waals surface area contributed by atoms with Crippen LogP contribution in [0.15, 0.2) is 72.6 Å². The van der Waals surface area contributed by atoms with E-state index in [0.29, 0.717) is 16.1 Å². The fraction of sp³-hybridized carbons (Fsp3) is 0.0909. The molecule has 0 N–H and O–H groups in total. The van der Waals surface area contributed by atoms with E-state index in [0.717, 1.165) is 28.9 Å². The minimum Gasteiger partial charge on any atom is -0.287 e. The van der Waals surface area contributed by atoms with Gasteiger partial charge in [0.15, 0.2) is 5.65 Å². The second-order valence-corrected chi connectivity index (χ2v) is 7.54. The number of aryl methyl sites for hydroxylation is 1. The van der Waals surface area contributed by atoms with E-state index in [1.807, 2.05) is 52.8 Å². The predicted molar refractivity (Wildman–Crippen MR) is 113 cm³/mol. The van der Waals surface area contributed by atoms with Crippen molar-refractivity contribution >= 4 is 22.8 Å². The number of thiophene rings is 1. The number of hydrogen-bond donors (Lipinski definition) is 0. The molecule has 0 radical (unpaired) electrons. The summed E-state index contributed by atoms with van der Waals surface area (Å²) in [7, 11) is 0. The number of aromatic nitrogens is 5. The van der Waals surface area contributed by atoms with Gasteiger partial charge in [0, 0.05) is 30.1 Å². The maximum absolute atomic E-state index is 12.8. The lowest BCUT2D eigenvalue weighted by Crippen LogP contribution is -2.01. The van der Waals surface area contributed by atoms with Gasteiger partial charge in [-0.2, -0.15) is 10.2 Å². The number of benzene rings is 1. The number of ketones is 1. The van der Waals surface area contributed by atoms with Crippen LogP contribution in [0.25, 0.3) is 28.0 Å². The first-order valence-electron chi connectivity index (χ1n) is 9.29. The summed E-state index contributed by atoms with van der Waals surface area (Å²) < 4.78 is 3.64. The molecule has 4 heterocycles. The average Bonchev–Trinajstić information content (AvgIpc) is 3.53. The van der Waals surface area contributed by atoms with Gasteiger partial charge in [0.05, 0.1) is 28.5 Å². The molecule has 0 unspecified atom stereocenters. The Kier molecular flexibility index (Phi) is 4.29. The van der Waals surface area contributed by atoms with Gasteiger partial charge in [0.1, 0.15) is 0 Å². The largest absolute Gasteiger partial charge is 0.287 e. The van der Waals surface area contributed by atoms with Crippen molar-refractivity contribution in [2.45, 2.75) is 13.5 Å². The molecule has 0 aliphatic rings. The first-order valence-corrected chi connectivity index (χ1v) is 10.2. The summed E-state index contributed by atoms with van der Waals surface area (Å²) in [5.41, 5.74) is 5.09. The maximum Gasteiger partial charge on any atom is 0.208 e. The molecule has 0 aliphatic carbocycles. The van der Waals surface area contributed by atoms with E-state index in [-0.39, 0.29) is 5.78 Å². The third-order valence-electron chi connectivity index (χ3n) is 4.84. The summed E-state index contributed by atoms with van der Waals surface area (Å²) in [6.07, 6.45) is 7.23. The van der Waals surface area contributed by atoms with Crippen molar-refractivity contribution in [3.63, 3.8) is 0 Å². The van der Waals surface area contributed by atoms with Crippen molar-refractivity contribution in [3.05, 3.63) is 83.1 Å². The normalized spacial score (nSPS) is 11.2. The number of fused-ring (bicyclic) bond motifs is 1.